The fraction of sp³-hybridized carbons (Fsp3) is 0.400. The van der Waals surface area contributed by atoms with Gasteiger partial charge in [-0.1, -0.05) is 0 Å². The molecule has 6 nitrogen and oxygen atoms in total. The summed E-state index contributed by atoms with van der Waals surface area (Å²) in [5, 5.41) is 10.6. The molecule has 0 bridgehead atoms. The molecule has 0 aliphatic carbocycles. The highest BCUT2D eigenvalue weighted by Gasteiger charge is 2.19. The maximum Gasteiger partial charge on any atom is 0.273 e. The third kappa shape index (κ3) is 3.42. The number of nitrogens with zero attached hydrogens (tertiary/aromatic N) is 1. The van der Waals surface area contributed by atoms with Crippen LogP contribution in [-0.2, 0) is 9.84 Å². The highest BCUT2D eigenvalue weighted by Crippen LogP contribution is 2.29. The van der Waals surface area contributed by atoms with Crippen molar-refractivity contribution in [1.82, 2.24) is 0 Å². The Labute approximate surface area is 99.3 Å². The van der Waals surface area contributed by atoms with Crippen LogP contribution in [0.5, 0.6) is 5.75 Å². The van der Waals surface area contributed by atoms with E-state index in [1.807, 2.05) is 0 Å². The zero-order valence-electron chi connectivity index (χ0n) is 9.71. The average Bonchev–Trinajstić information content (AvgIpc) is 2.14. The van der Waals surface area contributed by atoms with Crippen molar-refractivity contribution in [2.75, 3.05) is 6.26 Å². The summed E-state index contributed by atoms with van der Waals surface area (Å²) in [6, 6.07) is 3.45. The zero-order chi connectivity index (χ0) is 13.2. The van der Waals surface area contributed by atoms with Crippen LogP contribution in [0.25, 0.3) is 0 Å². The normalized spacial score (nSPS) is 11.5. The second kappa shape index (κ2) is 4.70. The van der Waals surface area contributed by atoms with Gasteiger partial charge in [-0.25, -0.2) is 8.42 Å². The largest absolute Gasteiger partial charge is 0.489 e. The van der Waals surface area contributed by atoms with Gasteiger partial charge >= 0.3 is 0 Å². The van der Waals surface area contributed by atoms with Crippen LogP contribution in [0.15, 0.2) is 23.1 Å². The molecule has 94 valence electrons. The molecule has 0 unspecified atom stereocenters. The van der Waals surface area contributed by atoms with Crippen molar-refractivity contribution in [2.45, 2.75) is 24.8 Å². The van der Waals surface area contributed by atoms with Gasteiger partial charge in [-0.15, -0.1) is 0 Å². The first-order chi connectivity index (χ1) is 7.71. The summed E-state index contributed by atoms with van der Waals surface area (Å²) in [6.45, 7) is 3.43. The molecule has 1 aromatic carbocycles. The zero-order valence-corrected chi connectivity index (χ0v) is 10.5. The van der Waals surface area contributed by atoms with Crippen molar-refractivity contribution >= 4 is 15.5 Å². The predicted molar refractivity (Wildman–Crippen MR) is 62.0 cm³/mol. The van der Waals surface area contributed by atoms with E-state index < -0.39 is 14.8 Å². The van der Waals surface area contributed by atoms with Crippen molar-refractivity contribution in [3.05, 3.63) is 28.3 Å². The standard InChI is InChI=1S/C10H13NO5S/c1-7(2)16-9-6-8(11(12)13)4-5-10(9)17(3,14)15/h4-7H,1-3H3. The molecule has 0 aromatic heterocycles. The number of non-ortho nitro benzene ring substituents is 1. The van der Waals surface area contributed by atoms with Gasteiger partial charge in [0.1, 0.15) is 10.6 Å². The lowest BCUT2D eigenvalue weighted by Crippen LogP contribution is -2.10. The van der Waals surface area contributed by atoms with Gasteiger partial charge in [-0.3, -0.25) is 10.1 Å². The van der Waals surface area contributed by atoms with E-state index in [9.17, 15) is 18.5 Å². The van der Waals surface area contributed by atoms with E-state index in [0.29, 0.717) is 0 Å². The lowest BCUT2D eigenvalue weighted by atomic mass is 10.3. The summed E-state index contributed by atoms with van der Waals surface area (Å²) in [5.41, 5.74) is -0.201. The smallest absolute Gasteiger partial charge is 0.273 e. The fourth-order valence-electron chi connectivity index (χ4n) is 1.26. The van der Waals surface area contributed by atoms with E-state index in [0.717, 1.165) is 18.4 Å². The molecular weight excluding hydrogens is 246 g/mol. The Morgan fingerprint density at radius 3 is 2.35 bits per heavy atom. The van der Waals surface area contributed by atoms with E-state index in [2.05, 4.69) is 0 Å². The van der Waals surface area contributed by atoms with Gasteiger partial charge in [0.25, 0.3) is 5.69 Å². The van der Waals surface area contributed by atoms with Crippen molar-refractivity contribution in [1.29, 1.82) is 0 Å². The van der Waals surface area contributed by atoms with Gasteiger partial charge in [0, 0.05) is 12.3 Å². The highest BCUT2D eigenvalue weighted by atomic mass is 32.2. The Bertz CT molecular complexity index is 536. The Hall–Kier alpha value is -1.63. The number of rotatable bonds is 4. The molecule has 0 amide bonds. The first-order valence-corrected chi connectivity index (χ1v) is 6.76. The Morgan fingerprint density at radius 1 is 1.35 bits per heavy atom. The maximum atomic E-state index is 11.5. The maximum absolute atomic E-state index is 11.5. The molecule has 0 saturated heterocycles. The molecular formula is C10H13NO5S. The van der Waals surface area contributed by atoms with E-state index in [1.165, 1.54) is 6.07 Å². The first kappa shape index (κ1) is 13.4. The van der Waals surface area contributed by atoms with Crippen LogP contribution in [0, 0.1) is 10.1 Å². The first-order valence-electron chi connectivity index (χ1n) is 4.87. The monoisotopic (exact) mass is 259 g/mol. The number of hydrogen-bond donors (Lipinski definition) is 0. The highest BCUT2D eigenvalue weighted by molar-refractivity contribution is 7.90. The minimum atomic E-state index is -3.47. The lowest BCUT2D eigenvalue weighted by Gasteiger charge is -2.12. The number of ether oxygens (including phenoxy) is 1. The van der Waals surface area contributed by atoms with Crippen molar-refractivity contribution in [2.24, 2.45) is 0 Å². The summed E-state index contributed by atoms with van der Waals surface area (Å²) >= 11 is 0. The van der Waals surface area contributed by atoms with Crippen LogP contribution in [-0.4, -0.2) is 25.7 Å². The van der Waals surface area contributed by atoms with Crippen molar-refractivity contribution in [3.8, 4) is 5.75 Å². The third-order valence-corrected chi connectivity index (χ3v) is 3.04. The molecule has 0 spiro atoms. The molecule has 0 radical (unpaired) electrons. The van der Waals surface area contributed by atoms with E-state index in [1.54, 1.807) is 13.8 Å². The summed E-state index contributed by atoms with van der Waals surface area (Å²) in [5.74, 6) is 0.0108. The topological polar surface area (TPSA) is 86.5 Å². The lowest BCUT2D eigenvalue weighted by molar-refractivity contribution is -0.385. The number of nitro groups is 1. The van der Waals surface area contributed by atoms with Crippen molar-refractivity contribution < 1.29 is 18.1 Å². The SMILES string of the molecule is CC(C)Oc1cc([N+](=O)[O-])ccc1S(C)(=O)=O. The van der Waals surface area contributed by atoms with E-state index in [-0.39, 0.29) is 22.4 Å². The molecule has 0 fully saturated rings. The molecule has 1 rings (SSSR count). The van der Waals surface area contributed by atoms with Crippen LogP contribution in [0.2, 0.25) is 0 Å². The second-order valence-corrected chi connectivity index (χ2v) is 5.81. The van der Waals surface area contributed by atoms with Crippen LogP contribution in [0.4, 0.5) is 5.69 Å². The van der Waals surface area contributed by atoms with Gasteiger partial charge in [-0.2, -0.15) is 0 Å². The number of nitro benzene ring substituents is 1. The van der Waals surface area contributed by atoms with Gasteiger partial charge in [0.05, 0.1) is 17.1 Å². The second-order valence-electron chi connectivity index (χ2n) is 3.83. The summed E-state index contributed by atoms with van der Waals surface area (Å²) in [7, 11) is -3.47. The molecule has 0 saturated carbocycles. The molecule has 1 aromatic rings. The molecule has 17 heavy (non-hydrogen) atoms. The quantitative estimate of drug-likeness (QED) is 0.607. The van der Waals surface area contributed by atoms with Crippen molar-refractivity contribution in [3.63, 3.8) is 0 Å². The van der Waals surface area contributed by atoms with Gasteiger partial charge < -0.3 is 4.74 Å². The minimum absolute atomic E-state index is 0.0108. The van der Waals surface area contributed by atoms with Gasteiger partial charge in [-0.05, 0) is 19.9 Å². The number of sulfone groups is 1. The van der Waals surface area contributed by atoms with Crippen LogP contribution >= 0.6 is 0 Å². The minimum Gasteiger partial charge on any atom is -0.489 e. The summed E-state index contributed by atoms with van der Waals surface area (Å²) < 4.78 is 28.2. The van der Waals surface area contributed by atoms with Gasteiger partial charge in [0.2, 0.25) is 0 Å². The van der Waals surface area contributed by atoms with Gasteiger partial charge in [0.15, 0.2) is 9.84 Å². The molecule has 0 atom stereocenters. The average molecular weight is 259 g/mol. The number of hydrogen-bond acceptors (Lipinski definition) is 5. The molecule has 0 aliphatic heterocycles. The third-order valence-electron chi connectivity index (χ3n) is 1.90. The molecule has 7 heteroatoms. The number of benzene rings is 1. The van der Waals surface area contributed by atoms with E-state index >= 15 is 0 Å². The van der Waals surface area contributed by atoms with Crippen LogP contribution in [0.1, 0.15) is 13.8 Å². The van der Waals surface area contributed by atoms with E-state index in [4.69, 9.17) is 4.74 Å². The molecule has 0 N–H and O–H groups in total. The fourth-order valence-corrected chi connectivity index (χ4v) is 2.05. The van der Waals surface area contributed by atoms with Crippen LogP contribution < -0.4 is 4.74 Å². The Kier molecular flexibility index (Phi) is 3.72. The Balaban J connectivity index is 3.37. The summed E-state index contributed by atoms with van der Waals surface area (Å²) in [6.07, 6.45) is 0.763. The Morgan fingerprint density at radius 2 is 1.94 bits per heavy atom. The van der Waals surface area contributed by atoms with Crippen LogP contribution in [0.3, 0.4) is 0 Å². The predicted octanol–water partition coefficient (Wildman–Crippen LogP) is 1.79. The molecule has 0 aliphatic rings. The molecule has 0 heterocycles. The summed E-state index contributed by atoms with van der Waals surface area (Å²) in [4.78, 5) is 9.96.